The molecule has 0 fully saturated rings. The number of ether oxygens (including phenoxy) is 2. The highest BCUT2D eigenvalue weighted by Crippen LogP contribution is 1.88. The van der Waals surface area contributed by atoms with Crippen LogP contribution in [0.25, 0.3) is 0 Å². The maximum Gasteiger partial charge on any atom is 0.331 e. The average Bonchev–Trinajstić information content (AvgIpc) is 2.39. The number of thiocarbonyl (C=S) groups is 1. The van der Waals surface area contributed by atoms with Gasteiger partial charge in [-0.05, 0) is 7.05 Å². The molecule has 0 aliphatic rings. The van der Waals surface area contributed by atoms with Crippen molar-refractivity contribution in [1.82, 2.24) is 10.2 Å². The summed E-state index contributed by atoms with van der Waals surface area (Å²) in [6.45, 7) is 2.27. The summed E-state index contributed by atoms with van der Waals surface area (Å²) in [5, 5.41) is 2.99. The van der Waals surface area contributed by atoms with Gasteiger partial charge in [0.1, 0.15) is 6.61 Å². The Kier molecular flexibility index (Phi) is 9.80. The van der Waals surface area contributed by atoms with E-state index >= 15 is 0 Å². The third-order valence-corrected chi connectivity index (χ3v) is 2.28. The van der Waals surface area contributed by atoms with Gasteiger partial charge in [0.15, 0.2) is 0 Å². The Balaban J connectivity index is 3.81. The zero-order valence-corrected chi connectivity index (χ0v) is 11.4. The van der Waals surface area contributed by atoms with Gasteiger partial charge in [0.25, 0.3) is 0 Å². The highest BCUT2D eigenvalue weighted by atomic mass is 32.1. The second-order valence-electron chi connectivity index (χ2n) is 3.27. The molecule has 18 heavy (non-hydrogen) atoms. The zero-order valence-electron chi connectivity index (χ0n) is 10.5. The van der Waals surface area contributed by atoms with E-state index in [-0.39, 0.29) is 6.61 Å². The zero-order chi connectivity index (χ0) is 13.8. The molecular weight excluding hydrogens is 256 g/mol. The van der Waals surface area contributed by atoms with E-state index < -0.39 is 11.9 Å². The lowest BCUT2D eigenvalue weighted by molar-refractivity contribution is -0.139. The van der Waals surface area contributed by atoms with Crippen molar-refractivity contribution in [2.45, 2.75) is 0 Å². The molecule has 0 saturated carbocycles. The Hall–Kier alpha value is -1.47. The number of hydrogen-bond donors (Lipinski definition) is 1. The van der Waals surface area contributed by atoms with Gasteiger partial charge in [-0.25, -0.2) is 9.59 Å². The van der Waals surface area contributed by atoms with Crippen LogP contribution < -0.4 is 5.32 Å². The number of esters is 2. The van der Waals surface area contributed by atoms with Gasteiger partial charge in [-0.1, -0.05) is 12.2 Å². The van der Waals surface area contributed by atoms with Gasteiger partial charge in [0, 0.05) is 25.2 Å². The summed E-state index contributed by atoms with van der Waals surface area (Å²) >= 11 is 4.82. The van der Waals surface area contributed by atoms with Crippen LogP contribution >= 0.6 is 12.2 Å². The largest absolute Gasteiger partial charge is 0.466 e. The second kappa shape index (κ2) is 10.7. The molecular formula is C11H18N2O4S. The molecule has 0 aromatic rings. The molecule has 1 N–H and O–H groups in total. The van der Waals surface area contributed by atoms with Crippen molar-refractivity contribution in [3.8, 4) is 0 Å². The van der Waals surface area contributed by atoms with Gasteiger partial charge in [-0.2, -0.15) is 0 Å². The standard InChI is InChI=1S/C11H18N2O4S/c1-12-5-6-13(9-18)7-8-17-11(15)4-3-10(14)16-2/h3-4,9,12H,5-8H2,1-2H3/b4-3+. The van der Waals surface area contributed by atoms with Gasteiger partial charge >= 0.3 is 11.9 Å². The van der Waals surface area contributed by atoms with E-state index in [0.717, 1.165) is 25.2 Å². The number of methoxy groups -OCH3 is 1. The highest BCUT2D eigenvalue weighted by Gasteiger charge is 2.02. The predicted octanol–water partition coefficient (Wildman–Crippen LogP) is -0.263. The molecule has 0 rings (SSSR count). The molecule has 0 bridgehead atoms. The van der Waals surface area contributed by atoms with E-state index in [1.807, 2.05) is 11.9 Å². The Labute approximate surface area is 112 Å². The minimum Gasteiger partial charge on any atom is -0.466 e. The van der Waals surface area contributed by atoms with Gasteiger partial charge < -0.3 is 19.7 Å². The summed E-state index contributed by atoms with van der Waals surface area (Å²) in [6, 6.07) is 0. The maximum absolute atomic E-state index is 11.2. The highest BCUT2D eigenvalue weighted by molar-refractivity contribution is 7.78. The SMILES string of the molecule is CNCCN(C=S)CCOC(=O)/C=C/C(=O)OC. The minimum atomic E-state index is -0.596. The molecule has 102 valence electrons. The quantitative estimate of drug-likeness (QED) is 0.353. The Bertz CT molecular complexity index is 307. The molecule has 0 unspecified atom stereocenters. The van der Waals surface area contributed by atoms with Crippen molar-refractivity contribution in [3.63, 3.8) is 0 Å². The van der Waals surface area contributed by atoms with Gasteiger partial charge in [0.2, 0.25) is 0 Å². The first-order chi connectivity index (χ1) is 8.63. The normalized spacial score (nSPS) is 10.1. The van der Waals surface area contributed by atoms with Gasteiger partial charge in [0.05, 0.1) is 19.1 Å². The van der Waals surface area contributed by atoms with Crippen LogP contribution in [0.4, 0.5) is 0 Å². The number of rotatable bonds is 9. The molecule has 0 aromatic carbocycles. The fourth-order valence-corrected chi connectivity index (χ4v) is 1.20. The second-order valence-corrected chi connectivity index (χ2v) is 3.48. The van der Waals surface area contributed by atoms with E-state index in [4.69, 9.17) is 17.0 Å². The number of likely N-dealkylation sites (N-methyl/N-ethyl adjacent to an activating group) is 1. The molecule has 0 atom stereocenters. The van der Waals surface area contributed by atoms with Crippen molar-refractivity contribution >= 4 is 29.6 Å². The van der Waals surface area contributed by atoms with Crippen molar-refractivity contribution < 1.29 is 19.1 Å². The first-order valence-corrected chi connectivity index (χ1v) is 5.88. The van der Waals surface area contributed by atoms with Gasteiger partial charge in [-0.3, -0.25) is 0 Å². The third-order valence-electron chi connectivity index (χ3n) is 1.98. The van der Waals surface area contributed by atoms with Crippen LogP contribution in [-0.4, -0.2) is 62.7 Å². The van der Waals surface area contributed by atoms with Crippen molar-refractivity contribution in [2.24, 2.45) is 0 Å². The predicted molar refractivity (Wildman–Crippen MR) is 71.3 cm³/mol. The molecule has 0 radical (unpaired) electrons. The molecule has 7 heteroatoms. The van der Waals surface area contributed by atoms with E-state index in [2.05, 4.69) is 10.1 Å². The number of nitrogens with zero attached hydrogens (tertiary/aromatic N) is 1. The number of hydrogen-bond acceptors (Lipinski definition) is 6. The molecule has 0 heterocycles. The van der Waals surface area contributed by atoms with Crippen LogP contribution in [-0.2, 0) is 19.1 Å². The molecule has 0 aliphatic carbocycles. The Morgan fingerprint density at radius 1 is 1.28 bits per heavy atom. The summed E-state index contributed by atoms with van der Waals surface area (Å²) < 4.78 is 9.22. The first-order valence-electron chi connectivity index (χ1n) is 5.40. The lowest BCUT2D eigenvalue weighted by Gasteiger charge is -2.18. The maximum atomic E-state index is 11.2. The van der Waals surface area contributed by atoms with Crippen LogP contribution in [0.5, 0.6) is 0 Å². The lowest BCUT2D eigenvalue weighted by atomic mass is 10.5. The summed E-state index contributed by atoms with van der Waals surface area (Å²) in [5.74, 6) is -1.18. The van der Waals surface area contributed by atoms with Crippen molar-refractivity contribution in [2.75, 3.05) is 40.4 Å². The van der Waals surface area contributed by atoms with Crippen molar-refractivity contribution in [3.05, 3.63) is 12.2 Å². The summed E-state index contributed by atoms with van der Waals surface area (Å²) in [7, 11) is 3.08. The third kappa shape index (κ3) is 8.66. The Morgan fingerprint density at radius 2 is 1.94 bits per heavy atom. The number of nitrogens with one attached hydrogen (secondary N) is 1. The Morgan fingerprint density at radius 3 is 2.50 bits per heavy atom. The first kappa shape index (κ1) is 16.5. The summed E-state index contributed by atoms with van der Waals surface area (Å²) in [5.41, 5.74) is 1.52. The van der Waals surface area contributed by atoms with E-state index in [1.54, 1.807) is 0 Å². The van der Waals surface area contributed by atoms with Gasteiger partial charge in [-0.15, -0.1) is 0 Å². The van der Waals surface area contributed by atoms with Crippen LogP contribution in [0.15, 0.2) is 12.2 Å². The molecule has 0 saturated heterocycles. The fourth-order valence-electron chi connectivity index (χ4n) is 0.988. The lowest BCUT2D eigenvalue weighted by Crippen LogP contribution is -2.32. The molecule has 0 aliphatic heterocycles. The summed E-state index contributed by atoms with van der Waals surface area (Å²) in [4.78, 5) is 23.7. The molecule has 0 amide bonds. The summed E-state index contributed by atoms with van der Waals surface area (Å²) in [6.07, 6.45) is 2.04. The molecule has 6 nitrogen and oxygen atoms in total. The van der Waals surface area contributed by atoms with Crippen LogP contribution in [0, 0.1) is 0 Å². The molecule has 0 aromatic heterocycles. The number of carbonyl (C=O) groups excluding carboxylic acids is 2. The van der Waals surface area contributed by atoms with Crippen LogP contribution in [0.3, 0.4) is 0 Å². The fraction of sp³-hybridized carbons (Fsp3) is 0.545. The minimum absolute atomic E-state index is 0.210. The van der Waals surface area contributed by atoms with E-state index in [1.165, 1.54) is 12.6 Å². The smallest absolute Gasteiger partial charge is 0.331 e. The van der Waals surface area contributed by atoms with Crippen LogP contribution in [0.1, 0.15) is 0 Å². The van der Waals surface area contributed by atoms with Crippen molar-refractivity contribution in [1.29, 1.82) is 0 Å². The monoisotopic (exact) mass is 274 g/mol. The van der Waals surface area contributed by atoms with Crippen LogP contribution in [0.2, 0.25) is 0 Å². The number of carbonyl (C=O) groups is 2. The topological polar surface area (TPSA) is 67.9 Å². The molecule has 0 spiro atoms. The van der Waals surface area contributed by atoms with E-state index in [0.29, 0.717) is 6.54 Å². The van der Waals surface area contributed by atoms with E-state index in [9.17, 15) is 9.59 Å². The average molecular weight is 274 g/mol.